The fourth-order valence-corrected chi connectivity index (χ4v) is 4.98. The van der Waals surface area contributed by atoms with Crippen LogP contribution in [0.25, 0.3) is 0 Å². The summed E-state index contributed by atoms with van der Waals surface area (Å²) in [5, 5.41) is 0.655. The van der Waals surface area contributed by atoms with E-state index in [4.69, 9.17) is 16.3 Å². The third-order valence-electron chi connectivity index (χ3n) is 6.53. The Balaban J connectivity index is 1.73. The highest BCUT2D eigenvalue weighted by molar-refractivity contribution is 6.30. The molecule has 3 nitrogen and oxygen atoms in total. The Labute approximate surface area is 210 Å². The van der Waals surface area contributed by atoms with Crippen LogP contribution in [0.2, 0.25) is 5.02 Å². The van der Waals surface area contributed by atoms with Crippen molar-refractivity contribution in [2.75, 3.05) is 11.4 Å². The molecule has 0 fully saturated rings. The highest BCUT2D eigenvalue weighted by atomic mass is 35.5. The van der Waals surface area contributed by atoms with Crippen molar-refractivity contribution < 1.29 is 17.9 Å². The molecule has 3 unspecified atom stereocenters. The number of hydrogen-bond acceptors (Lipinski definition) is 3. The van der Waals surface area contributed by atoms with E-state index in [0.717, 1.165) is 30.3 Å². The molecule has 2 aliphatic rings. The molecule has 2 aromatic carbocycles. The number of halogens is 4. The van der Waals surface area contributed by atoms with Gasteiger partial charge in [0, 0.05) is 29.5 Å². The molecule has 0 aromatic heterocycles. The first kappa shape index (κ1) is 25.6. The molecule has 2 heterocycles. The topological polar surface area (TPSA) is 15.7 Å². The van der Waals surface area contributed by atoms with Gasteiger partial charge in [-0.3, -0.25) is 0 Å². The molecular formula is C28H32ClF3N2O. The first-order valence-electron chi connectivity index (χ1n) is 11.9. The van der Waals surface area contributed by atoms with E-state index in [-0.39, 0.29) is 12.1 Å². The number of allylic oxidation sites excluding steroid dienone is 2. The quantitative estimate of drug-likeness (QED) is 0.415. The van der Waals surface area contributed by atoms with Crippen molar-refractivity contribution in [2.24, 2.45) is 0 Å². The van der Waals surface area contributed by atoms with Crippen LogP contribution in [-0.4, -0.2) is 41.5 Å². The molecule has 0 saturated heterocycles. The summed E-state index contributed by atoms with van der Waals surface area (Å²) in [7, 11) is 0. The molecule has 35 heavy (non-hydrogen) atoms. The van der Waals surface area contributed by atoms with Gasteiger partial charge >= 0.3 is 6.18 Å². The summed E-state index contributed by atoms with van der Waals surface area (Å²) < 4.78 is 47.4. The van der Waals surface area contributed by atoms with Gasteiger partial charge in [-0.15, -0.1) is 0 Å². The lowest BCUT2D eigenvalue weighted by atomic mass is 9.96. The Hall–Kier alpha value is -2.44. The van der Waals surface area contributed by atoms with E-state index in [1.807, 2.05) is 64.1 Å². The van der Waals surface area contributed by atoms with Crippen LogP contribution in [0.5, 0.6) is 0 Å². The predicted octanol–water partition coefficient (Wildman–Crippen LogP) is 7.16. The molecule has 0 bridgehead atoms. The number of nitrogens with zero attached hydrogens (tertiary/aromatic N) is 2. The number of benzene rings is 2. The van der Waals surface area contributed by atoms with E-state index in [9.17, 15) is 13.2 Å². The lowest BCUT2D eigenvalue weighted by Gasteiger charge is -2.45. The summed E-state index contributed by atoms with van der Waals surface area (Å²) in [5.41, 5.74) is 2.27. The molecule has 0 aliphatic carbocycles. The van der Waals surface area contributed by atoms with Gasteiger partial charge in [0.25, 0.3) is 0 Å². The monoisotopic (exact) mass is 504 g/mol. The first-order chi connectivity index (χ1) is 16.4. The molecule has 2 aromatic rings. The average Bonchev–Trinajstić information content (AvgIpc) is 3.21. The van der Waals surface area contributed by atoms with Crippen molar-refractivity contribution in [3.05, 3.63) is 88.6 Å². The van der Waals surface area contributed by atoms with Crippen molar-refractivity contribution in [3.63, 3.8) is 0 Å². The molecule has 4 rings (SSSR count). The lowest BCUT2D eigenvalue weighted by Crippen LogP contribution is -2.54. The van der Waals surface area contributed by atoms with Crippen molar-refractivity contribution in [1.82, 2.24) is 4.90 Å². The van der Waals surface area contributed by atoms with Gasteiger partial charge in [0.05, 0.1) is 17.2 Å². The molecule has 2 aliphatic heterocycles. The van der Waals surface area contributed by atoms with Crippen molar-refractivity contribution in [2.45, 2.75) is 70.6 Å². The maximum atomic E-state index is 13.7. The maximum Gasteiger partial charge on any atom is 0.417 e. The van der Waals surface area contributed by atoms with Crippen molar-refractivity contribution in [3.8, 4) is 0 Å². The molecule has 0 N–H and O–H groups in total. The molecule has 0 saturated carbocycles. The fraction of sp³-hybridized carbons (Fsp3) is 0.429. The lowest BCUT2D eigenvalue weighted by molar-refractivity contribution is -0.114. The van der Waals surface area contributed by atoms with Crippen LogP contribution in [0.3, 0.4) is 0 Å². The Kier molecular flexibility index (Phi) is 7.26. The van der Waals surface area contributed by atoms with Crippen molar-refractivity contribution >= 4 is 17.3 Å². The summed E-state index contributed by atoms with van der Waals surface area (Å²) >= 11 is 6.11. The zero-order valence-corrected chi connectivity index (χ0v) is 21.3. The second kappa shape index (κ2) is 9.90. The zero-order valence-electron chi connectivity index (χ0n) is 20.5. The number of ether oxygens (including phenoxy) is 1. The van der Waals surface area contributed by atoms with Crippen LogP contribution in [0.4, 0.5) is 18.9 Å². The van der Waals surface area contributed by atoms with E-state index in [1.165, 1.54) is 17.8 Å². The van der Waals surface area contributed by atoms with Crippen LogP contribution in [0.1, 0.15) is 38.8 Å². The van der Waals surface area contributed by atoms with E-state index in [1.54, 1.807) is 4.90 Å². The molecule has 0 spiro atoms. The third kappa shape index (κ3) is 6.04. The summed E-state index contributed by atoms with van der Waals surface area (Å²) in [6.07, 6.45) is 0.378. The number of alkyl halides is 3. The van der Waals surface area contributed by atoms with Gasteiger partial charge in [-0.25, -0.2) is 0 Å². The standard InChI is InChI=1S/C28H32ClF3N2O/c1-19(34-18-22(28(30,31)32)11-14-26(34)35-27(2,3)4)25(17-20-9-12-23(29)13-10-20)33-16-15-21-7-5-6-8-24(21)33/h5-14,18-19,25-26H,15-17H2,1-4H3. The summed E-state index contributed by atoms with van der Waals surface area (Å²) in [4.78, 5) is 4.07. The van der Waals surface area contributed by atoms with Crippen LogP contribution in [0, 0.1) is 0 Å². The molecule has 7 heteroatoms. The fourth-order valence-electron chi connectivity index (χ4n) is 4.85. The Morgan fingerprint density at radius 1 is 1.06 bits per heavy atom. The Morgan fingerprint density at radius 2 is 1.74 bits per heavy atom. The van der Waals surface area contributed by atoms with Gasteiger partial charge in [-0.2, -0.15) is 13.2 Å². The van der Waals surface area contributed by atoms with Crippen LogP contribution >= 0.6 is 11.6 Å². The Morgan fingerprint density at radius 3 is 2.40 bits per heavy atom. The summed E-state index contributed by atoms with van der Waals surface area (Å²) in [6, 6.07) is 15.6. The van der Waals surface area contributed by atoms with Crippen LogP contribution in [-0.2, 0) is 17.6 Å². The van der Waals surface area contributed by atoms with Crippen LogP contribution < -0.4 is 4.90 Å². The van der Waals surface area contributed by atoms with Gasteiger partial charge in [0.15, 0.2) is 0 Å². The van der Waals surface area contributed by atoms with E-state index < -0.39 is 23.6 Å². The van der Waals surface area contributed by atoms with Gasteiger partial charge in [-0.1, -0.05) is 41.9 Å². The van der Waals surface area contributed by atoms with Crippen molar-refractivity contribution in [1.29, 1.82) is 0 Å². The van der Waals surface area contributed by atoms with E-state index >= 15 is 0 Å². The molecular weight excluding hydrogens is 473 g/mol. The van der Waals surface area contributed by atoms with Gasteiger partial charge in [0.1, 0.15) is 6.23 Å². The Bertz CT molecular complexity index is 1090. The predicted molar refractivity (Wildman–Crippen MR) is 136 cm³/mol. The SMILES string of the molecule is CC(C(Cc1ccc(Cl)cc1)N1CCc2ccccc21)N1C=C(C(F)(F)F)C=CC1OC(C)(C)C. The number of para-hydroxylation sites is 1. The average molecular weight is 505 g/mol. The zero-order chi connectivity index (χ0) is 25.4. The minimum absolute atomic E-state index is 0.0943. The number of fused-ring (bicyclic) bond motifs is 1. The van der Waals surface area contributed by atoms with Crippen LogP contribution in [0.15, 0.2) is 72.5 Å². The minimum atomic E-state index is -4.44. The smallest absolute Gasteiger partial charge is 0.366 e. The normalized spacial score (nSPS) is 20.0. The third-order valence-corrected chi connectivity index (χ3v) is 6.78. The number of hydrogen-bond donors (Lipinski definition) is 0. The largest absolute Gasteiger partial charge is 0.417 e. The van der Waals surface area contributed by atoms with E-state index in [0.29, 0.717) is 11.4 Å². The molecule has 0 radical (unpaired) electrons. The molecule has 188 valence electrons. The molecule has 0 amide bonds. The first-order valence-corrected chi connectivity index (χ1v) is 12.3. The van der Waals surface area contributed by atoms with E-state index in [2.05, 4.69) is 17.0 Å². The second-order valence-electron chi connectivity index (χ2n) is 10.2. The number of rotatable bonds is 6. The number of anilines is 1. The van der Waals surface area contributed by atoms with Gasteiger partial charge in [-0.05, 0) is 82.0 Å². The summed E-state index contributed by atoms with van der Waals surface area (Å²) in [6.45, 7) is 8.54. The molecule has 3 atom stereocenters. The highest BCUT2D eigenvalue weighted by Gasteiger charge is 2.40. The van der Waals surface area contributed by atoms with Gasteiger partial charge < -0.3 is 14.5 Å². The van der Waals surface area contributed by atoms with Gasteiger partial charge in [0.2, 0.25) is 0 Å². The minimum Gasteiger partial charge on any atom is -0.366 e. The maximum absolute atomic E-state index is 13.7. The highest BCUT2D eigenvalue weighted by Crippen LogP contribution is 2.36. The second-order valence-corrected chi connectivity index (χ2v) is 10.7. The summed E-state index contributed by atoms with van der Waals surface area (Å²) in [5.74, 6) is 0.